The van der Waals surface area contributed by atoms with E-state index in [9.17, 15) is 0 Å². The van der Waals surface area contributed by atoms with Gasteiger partial charge in [0.05, 0.1) is 11.0 Å². The number of rotatable bonds is 2. The lowest BCUT2D eigenvalue weighted by Crippen LogP contribution is -2.49. The van der Waals surface area contributed by atoms with Gasteiger partial charge in [0.1, 0.15) is 5.82 Å². The molecule has 4 heteroatoms. The zero-order chi connectivity index (χ0) is 12.5. The number of aromatic nitrogens is 2. The molecule has 1 aliphatic heterocycles. The van der Waals surface area contributed by atoms with E-state index < -0.39 is 0 Å². The molecule has 0 radical (unpaired) electrons. The number of H-pyrrole nitrogens is 1. The highest BCUT2D eigenvalue weighted by Crippen LogP contribution is 2.15. The predicted octanol–water partition coefficient (Wildman–Crippen LogP) is 1.32. The van der Waals surface area contributed by atoms with E-state index in [1.165, 1.54) is 5.56 Å². The highest BCUT2D eigenvalue weighted by Gasteiger charge is 2.16. The first-order valence-corrected chi connectivity index (χ1v) is 6.58. The summed E-state index contributed by atoms with van der Waals surface area (Å²) in [6.45, 7) is 5.36. The molecule has 3 rings (SSSR count). The Labute approximate surface area is 107 Å². The van der Waals surface area contributed by atoms with E-state index in [1.54, 1.807) is 0 Å². The molecule has 1 fully saturated rings. The van der Waals surface area contributed by atoms with Gasteiger partial charge in [0.2, 0.25) is 0 Å². The molecule has 18 heavy (non-hydrogen) atoms. The fraction of sp³-hybridized carbons (Fsp3) is 0.500. The van der Waals surface area contributed by atoms with Gasteiger partial charge in [0.15, 0.2) is 0 Å². The summed E-state index contributed by atoms with van der Waals surface area (Å²) in [7, 11) is 2.19. The maximum Gasteiger partial charge on any atom is 0.104 e. The van der Waals surface area contributed by atoms with Gasteiger partial charge in [-0.1, -0.05) is 6.07 Å². The number of aryl methyl sites for hydroxylation is 1. The van der Waals surface area contributed by atoms with Gasteiger partial charge < -0.3 is 15.2 Å². The van der Waals surface area contributed by atoms with Crippen LogP contribution >= 0.6 is 0 Å². The minimum atomic E-state index is 0.560. The molecule has 0 spiro atoms. The normalized spacial score (nSPS) is 21.6. The Balaban J connectivity index is 1.77. The topological polar surface area (TPSA) is 44.0 Å². The molecule has 2 heterocycles. The van der Waals surface area contributed by atoms with Crippen LogP contribution in [0.1, 0.15) is 11.4 Å². The lowest BCUT2D eigenvalue weighted by atomic mass is 10.0. The van der Waals surface area contributed by atoms with Crippen molar-refractivity contribution in [2.75, 3.05) is 26.7 Å². The van der Waals surface area contributed by atoms with E-state index in [-0.39, 0.29) is 0 Å². The fourth-order valence-electron chi connectivity index (χ4n) is 2.72. The van der Waals surface area contributed by atoms with Gasteiger partial charge in [-0.3, -0.25) is 0 Å². The van der Waals surface area contributed by atoms with Gasteiger partial charge in [-0.25, -0.2) is 4.98 Å². The molecule has 2 N–H and O–H groups in total. The summed E-state index contributed by atoms with van der Waals surface area (Å²) in [5, 5.41) is 3.58. The number of piperazine rings is 1. The van der Waals surface area contributed by atoms with Crippen LogP contribution < -0.4 is 5.32 Å². The Kier molecular flexibility index (Phi) is 3.06. The van der Waals surface area contributed by atoms with Crippen LogP contribution in [0.5, 0.6) is 0 Å². The number of nitrogens with one attached hydrogen (secondary N) is 2. The van der Waals surface area contributed by atoms with Crippen LogP contribution in [0, 0.1) is 6.92 Å². The molecule has 1 saturated heterocycles. The third-order valence-electron chi connectivity index (χ3n) is 3.61. The van der Waals surface area contributed by atoms with Crippen molar-refractivity contribution in [3.05, 3.63) is 29.6 Å². The Morgan fingerprint density at radius 1 is 1.44 bits per heavy atom. The number of imidazole rings is 1. The molecule has 1 atom stereocenters. The molecule has 2 aromatic rings. The number of likely N-dealkylation sites (N-methyl/N-ethyl adjacent to an activating group) is 1. The molecule has 0 amide bonds. The third-order valence-corrected chi connectivity index (χ3v) is 3.61. The van der Waals surface area contributed by atoms with Crippen molar-refractivity contribution >= 4 is 11.0 Å². The lowest BCUT2D eigenvalue weighted by Gasteiger charge is -2.31. The molecule has 96 valence electrons. The zero-order valence-corrected chi connectivity index (χ0v) is 11.0. The van der Waals surface area contributed by atoms with Crippen LogP contribution in [0.2, 0.25) is 0 Å². The second-order valence-electron chi connectivity index (χ2n) is 5.29. The zero-order valence-electron chi connectivity index (χ0n) is 11.0. The van der Waals surface area contributed by atoms with E-state index >= 15 is 0 Å². The summed E-state index contributed by atoms with van der Waals surface area (Å²) in [5.41, 5.74) is 3.58. The maximum absolute atomic E-state index is 4.43. The summed E-state index contributed by atoms with van der Waals surface area (Å²) in [6.07, 6.45) is 1.08. The standard InChI is InChI=1S/C14H20N4/c1-10-16-13-4-3-11(8-14(13)17-10)7-12-9-18(2)6-5-15-12/h3-4,8,12,15H,5-7,9H2,1-2H3,(H,16,17). The highest BCUT2D eigenvalue weighted by atomic mass is 15.2. The first kappa shape index (κ1) is 11.7. The molecular formula is C14H20N4. The molecule has 1 aliphatic rings. The molecule has 0 saturated carbocycles. The summed E-state index contributed by atoms with van der Waals surface area (Å²) in [4.78, 5) is 10.1. The lowest BCUT2D eigenvalue weighted by molar-refractivity contribution is 0.238. The Bertz CT molecular complexity index is 546. The van der Waals surface area contributed by atoms with Gasteiger partial charge >= 0.3 is 0 Å². The van der Waals surface area contributed by atoms with Crippen molar-refractivity contribution in [2.45, 2.75) is 19.4 Å². The fourth-order valence-corrected chi connectivity index (χ4v) is 2.72. The van der Waals surface area contributed by atoms with Crippen LogP contribution in [0.15, 0.2) is 18.2 Å². The smallest absolute Gasteiger partial charge is 0.104 e. The van der Waals surface area contributed by atoms with Crippen LogP contribution in [0.4, 0.5) is 0 Å². The molecule has 0 aliphatic carbocycles. The summed E-state index contributed by atoms with van der Waals surface area (Å²) >= 11 is 0. The first-order chi connectivity index (χ1) is 8.70. The van der Waals surface area contributed by atoms with Gasteiger partial charge in [-0.15, -0.1) is 0 Å². The average molecular weight is 244 g/mol. The van der Waals surface area contributed by atoms with Crippen molar-refractivity contribution in [3.63, 3.8) is 0 Å². The second-order valence-corrected chi connectivity index (χ2v) is 5.29. The average Bonchev–Trinajstić information content (AvgIpc) is 2.68. The molecule has 4 nitrogen and oxygen atoms in total. The predicted molar refractivity (Wildman–Crippen MR) is 73.8 cm³/mol. The Morgan fingerprint density at radius 2 is 2.33 bits per heavy atom. The van der Waals surface area contributed by atoms with Gasteiger partial charge in [0.25, 0.3) is 0 Å². The molecule has 1 unspecified atom stereocenters. The van der Waals surface area contributed by atoms with Gasteiger partial charge in [0, 0.05) is 25.7 Å². The minimum absolute atomic E-state index is 0.560. The molecule has 1 aromatic heterocycles. The Morgan fingerprint density at radius 3 is 3.17 bits per heavy atom. The monoisotopic (exact) mass is 244 g/mol. The van der Waals surface area contributed by atoms with E-state index in [1.807, 2.05) is 6.92 Å². The highest BCUT2D eigenvalue weighted by molar-refractivity contribution is 5.75. The van der Waals surface area contributed by atoms with Crippen LogP contribution in [-0.2, 0) is 6.42 Å². The third kappa shape index (κ3) is 2.40. The molecule has 1 aromatic carbocycles. The van der Waals surface area contributed by atoms with Crippen LogP contribution in [-0.4, -0.2) is 47.6 Å². The van der Waals surface area contributed by atoms with Crippen molar-refractivity contribution in [3.8, 4) is 0 Å². The largest absolute Gasteiger partial charge is 0.342 e. The number of aromatic amines is 1. The van der Waals surface area contributed by atoms with E-state index in [4.69, 9.17) is 0 Å². The maximum atomic E-state index is 4.43. The van der Waals surface area contributed by atoms with Crippen LogP contribution in [0.25, 0.3) is 11.0 Å². The van der Waals surface area contributed by atoms with E-state index in [2.05, 4.69) is 45.4 Å². The number of fused-ring (bicyclic) bond motifs is 1. The number of nitrogens with zero attached hydrogens (tertiary/aromatic N) is 2. The number of benzene rings is 1. The van der Waals surface area contributed by atoms with Crippen molar-refractivity contribution in [2.24, 2.45) is 0 Å². The van der Waals surface area contributed by atoms with Crippen LogP contribution in [0.3, 0.4) is 0 Å². The number of hydrogen-bond acceptors (Lipinski definition) is 3. The summed E-state index contributed by atoms with van der Waals surface area (Å²) < 4.78 is 0. The minimum Gasteiger partial charge on any atom is -0.342 e. The molecular weight excluding hydrogens is 224 g/mol. The summed E-state index contributed by atoms with van der Waals surface area (Å²) in [6, 6.07) is 7.09. The first-order valence-electron chi connectivity index (χ1n) is 6.58. The molecule has 0 bridgehead atoms. The quantitative estimate of drug-likeness (QED) is 0.837. The van der Waals surface area contributed by atoms with E-state index in [0.29, 0.717) is 6.04 Å². The summed E-state index contributed by atoms with van der Waals surface area (Å²) in [5.74, 6) is 0.984. The number of hydrogen-bond donors (Lipinski definition) is 2. The van der Waals surface area contributed by atoms with Crippen molar-refractivity contribution in [1.82, 2.24) is 20.2 Å². The second kappa shape index (κ2) is 4.71. The Hall–Kier alpha value is -1.39. The van der Waals surface area contributed by atoms with Crippen molar-refractivity contribution in [1.29, 1.82) is 0 Å². The van der Waals surface area contributed by atoms with E-state index in [0.717, 1.165) is 42.9 Å². The van der Waals surface area contributed by atoms with Gasteiger partial charge in [-0.05, 0) is 38.1 Å². The van der Waals surface area contributed by atoms with Gasteiger partial charge in [-0.2, -0.15) is 0 Å². The van der Waals surface area contributed by atoms with Crippen molar-refractivity contribution < 1.29 is 0 Å². The SMILES string of the molecule is Cc1nc2ccc(CC3CN(C)CCN3)cc2[nH]1.